The summed E-state index contributed by atoms with van der Waals surface area (Å²) in [5, 5.41) is -0.218. The fourth-order valence-corrected chi connectivity index (χ4v) is 1.97. The summed E-state index contributed by atoms with van der Waals surface area (Å²) in [6.07, 6.45) is 1.81. The average molecular weight is 192 g/mol. The molecule has 12 heavy (non-hydrogen) atoms. The Morgan fingerprint density at radius 2 is 1.58 bits per heavy atom. The van der Waals surface area contributed by atoms with Crippen LogP contribution in [0.3, 0.4) is 0 Å². The molecule has 0 saturated carbocycles. The Balaban J connectivity index is 3.79. The first-order valence-corrected chi connectivity index (χ1v) is 6.29. The molecule has 0 heterocycles. The molecule has 0 rings (SSSR count). The van der Waals surface area contributed by atoms with Gasteiger partial charge in [-0.1, -0.05) is 20.3 Å². The zero-order valence-corrected chi connectivity index (χ0v) is 9.32. The van der Waals surface area contributed by atoms with Crippen molar-refractivity contribution in [2.75, 3.05) is 5.75 Å². The van der Waals surface area contributed by atoms with Gasteiger partial charge in [0, 0.05) is 0 Å². The minimum absolute atomic E-state index is 0.218. The zero-order valence-electron chi connectivity index (χ0n) is 8.50. The summed E-state index contributed by atoms with van der Waals surface area (Å²) in [6.45, 7) is 7.71. The second-order valence-corrected chi connectivity index (χ2v) is 6.63. The maximum Gasteiger partial charge on any atom is 0.152 e. The zero-order chi connectivity index (χ0) is 9.78. The van der Waals surface area contributed by atoms with Crippen LogP contribution in [0.5, 0.6) is 0 Å². The van der Waals surface area contributed by atoms with E-state index in [9.17, 15) is 8.42 Å². The van der Waals surface area contributed by atoms with Crippen molar-refractivity contribution < 1.29 is 8.42 Å². The van der Waals surface area contributed by atoms with Gasteiger partial charge in [-0.2, -0.15) is 0 Å². The summed E-state index contributed by atoms with van der Waals surface area (Å²) < 4.78 is 22.6. The summed E-state index contributed by atoms with van der Waals surface area (Å²) in [7, 11) is -2.79. The van der Waals surface area contributed by atoms with E-state index in [-0.39, 0.29) is 5.25 Å². The molecular weight excluding hydrogens is 172 g/mol. The van der Waals surface area contributed by atoms with Crippen molar-refractivity contribution >= 4 is 9.84 Å². The van der Waals surface area contributed by atoms with Crippen LogP contribution >= 0.6 is 0 Å². The highest BCUT2D eigenvalue weighted by Gasteiger charge is 2.15. The number of sulfone groups is 1. The lowest BCUT2D eigenvalue weighted by Gasteiger charge is -2.08. The minimum atomic E-state index is -2.79. The predicted octanol–water partition coefficient (Wildman–Crippen LogP) is 2.25. The van der Waals surface area contributed by atoms with Gasteiger partial charge in [0.05, 0.1) is 11.0 Å². The van der Waals surface area contributed by atoms with E-state index < -0.39 is 9.84 Å². The van der Waals surface area contributed by atoms with Gasteiger partial charge < -0.3 is 0 Å². The molecule has 0 aromatic heterocycles. The van der Waals surface area contributed by atoms with Crippen LogP contribution in [0, 0.1) is 5.92 Å². The molecule has 3 heteroatoms. The molecule has 74 valence electrons. The highest BCUT2D eigenvalue weighted by atomic mass is 32.2. The lowest BCUT2D eigenvalue weighted by molar-refractivity contribution is 0.556. The molecule has 0 radical (unpaired) electrons. The molecule has 0 aliphatic rings. The molecular formula is C9H20O2S. The summed E-state index contributed by atoms with van der Waals surface area (Å²) in [5.41, 5.74) is 0. The molecule has 0 aliphatic carbocycles. The van der Waals surface area contributed by atoms with Crippen molar-refractivity contribution in [2.24, 2.45) is 5.92 Å². The Kier molecular flexibility index (Phi) is 4.83. The van der Waals surface area contributed by atoms with E-state index in [1.165, 1.54) is 0 Å². The van der Waals surface area contributed by atoms with Gasteiger partial charge in [0.2, 0.25) is 0 Å². The number of hydrogen-bond acceptors (Lipinski definition) is 2. The van der Waals surface area contributed by atoms with Gasteiger partial charge in [-0.15, -0.1) is 0 Å². The Morgan fingerprint density at radius 1 is 1.08 bits per heavy atom. The first-order chi connectivity index (χ1) is 5.36. The van der Waals surface area contributed by atoms with Crippen molar-refractivity contribution in [3.8, 4) is 0 Å². The molecule has 2 nitrogen and oxygen atoms in total. The third-order valence-corrected chi connectivity index (χ3v) is 4.22. The van der Waals surface area contributed by atoms with E-state index in [0.29, 0.717) is 11.7 Å². The van der Waals surface area contributed by atoms with Crippen LogP contribution in [0.2, 0.25) is 0 Å². The second-order valence-electron chi connectivity index (χ2n) is 3.95. The van der Waals surface area contributed by atoms with Gasteiger partial charge in [0.15, 0.2) is 9.84 Å². The molecule has 0 atom stereocenters. The SMILES string of the molecule is CC(C)CCCS(=O)(=O)C(C)C. The normalized spacial score (nSPS) is 12.8. The Bertz CT molecular complexity index is 203. The molecule has 0 aliphatic heterocycles. The Hall–Kier alpha value is -0.0500. The maximum absolute atomic E-state index is 11.3. The summed E-state index contributed by atoms with van der Waals surface area (Å²) in [5.74, 6) is 0.954. The summed E-state index contributed by atoms with van der Waals surface area (Å²) in [6, 6.07) is 0. The molecule has 0 N–H and O–H groups in total. The fraction of sp³-hybridized carbons (Fsp3) is 1.00. The van der Waals surface area contributed by atoms with Crippen LogP contribution in [0.4, 0.5) is 0 Å². The van der Waals surface area contributed by atoms with Gasteiger partial charge in [-0.3, -0.25) is 0 Å². The van der Waals surface area contributed by atoms with Gasteiger partial charge >= 0.3 is 0 Å². The predicted molar refractivity (Wildman–Crippen MR) is 53.0 cm³/mol. The summed E-state index contributed by atoms with van der Waals surface area (Å²) in [4.78, 5) is 0. The standard InChI is InChI=1S/C9H20O2S/c1-8(2)6-5-7-12(10,11)9(3)4/h8-9H,5-7H2,1-4H3. The van der Waals surface area contributed by atoms with E-state index in [0.717, 1.165) is 12.8 Å². The molecule has 0 spiro atoms. The van der Waals surface area contributed by atoms with E-state index in [1.807, 2.05) is 0 Å². The van der Waals surface area contributed by atoms with Gasteiger partial charge in [-0.05, 0) is 26.2 Å². The molecule has 0 saturated heterocycles. The van der Waals surface area contributed by atoms with Gasteiger partial charge in [0.1, 0.15) is 0 Å². The lowest BCUT2D eigenvalue weighted by Crippen LogP contribution is -2.17. The Morgan fingerprint density at radius 3 is 1.92 bits per heavy atom. The summed E-state index contributed by atoms with van der Waals surface area (Å²) >= 11 is 0. The van der Waals surface area contributed by atoms with Gasteiger partial charge in [0.25, 0.3) is 0 Å². The van der Waals surface area contributed by atoms with E-state index >= 15 is 0 Å². The first kappa shape index (κ1) is 11.9. The lowest BCUT2D eigenvalue weighted by atomic mass is 10.1. The van der Waals surface area contributed by atoms with Crippen LogP contribution in [0.1, 0.15) is 40.5 Å². The minimum Gasteiger partial charge on any atom is -0.229 e. The highest BCUT2D eigenvalue weighted by molar-refractivity contribution is 7.91. The first-order valence-electron chi connectivity index (χ1n) is 4.58. The highest BCUT2D eigenvalue weighted by Crippen LogP contribution is 2.08. The number of rotatable bonds is 5. The average Bonchev–Trinajstić information content (AvgIpc) is 1.85. The molecule has 0 aromatic rings. The van der Waals surface area contributed by atoms with Crippen molar-refractivity contribution in [2.45, 2.75) is 45.8 Å². The molecule has 0 fully saturated rings. The smallest absolute Gasteiger partial charge is 0.152 e. The van der Waals surface area contributed by atoms with Crippen molar-refractivity contribution in [3.05, 3.63) is 0 Å². The van der Waals surface area contributed by atoms with E-state index in [2.05, 4.69) is 13.8 Å². The van der Waals surface area contributed by atoms with Crippen LogP contribution in [0.25, 0.3) is 0 Å². The molecule has 0 bridgehead atoms. The van der Waals surface area contributed by atoms with Crippen LogP contribution < -0.4 is 0 Å². The topological polar surface area (TPSA) is 34.1 Å². The van der Waals surface area contributed by atoms with Crippen molar-refractivity contribution in [1.29, 1.82) is 0 Å². The fourth-order valence-electron chi connectivity index (χ4n) is 0.928. The van der Waals surface area contributed by atoms with E-state index in [1.54, 1.807) is 13.8 Å². The molecule has 0 unspecified atom stereocenters. The largest absolute Gasteiger partial charge is 0.229 e. The van der Waals surface area contributed by atoms with Crippen molar-refractivity contribution in [3.63, 3.8) is 0 Å². The maximum atomic E-state index is 11.3. The molecule has 0 amide bonds. The van der Waals surface area contributed by atoms with Crippen LogP contribution in [-0.4, -0.2) is 19.4 Å². The van der Waals surface area contributed by atoms with E-state index in [4.69, 9.17) is 0 Å². The van der Waals surface area contributed by atoms with Gasteiger partial charge in [-0.25, -0.2) is 8.42 Å². The van der Waals surface area contributed by atoms with Crippen LogP contribution in [-0.2, 0) is 9.84 Å². The second kappa shape index (κ2) is 4.85. The van der Waals surface area contributed by atoms with Crippen molar-refractivity contribution in [1.82, 2.24) is 0 Å². The molecule has 0 aromatic carbocycles. The monoisotopic (exact) mass is 192 g/mol. The Labute approximate surface area is 76.3 Å². The van der Waals surface area contributed by atoms with Crippen LogP contribution in [0.15, 0.2) is 0 Å². The number of hydrogen-bond donors (Lipinski definition) is 0. The third-order valence-electron chi connectivity index (χ3n) is 1.93. The quantitative estimate of drug-likeness (QED) is 0.669. The third kappa shape index (κ3) is 4.75.